The molecular weight excluding hydrogens is 595 g/mol. The number of benzene rings is 3. The lowest BCUT2D eigenvalue weighted by molar-refractivity contribution is 0.260. The summed E-state index contributed by atoms with van der Waals surface area (Å²) < 4.78 is 27.2. The van der Waals surface area contributed by atoms with Crippen molar-refractivity contribution in [3.63, 3.8) is 0 Å². The van der Waals surface area contributed by atoms with Gasteiger partial charge < -0.3 is 10.1 Å². The highest BCUT2D eigenvalue weighted by atomic mass is 32.2. The Hall–Kier alpha value is -3.20. The van der Waals surface area contributed by atoms with E-state index in [1.807, 2.05) is 48.5 Å². The molecule has 2 N–H and O–H groups in total. The molecule has 0 spiro atoms. The van der Waals surface area contributed by atoms with Crippen molar-refractivity contribution in [2.45, 2.75) is 94.5 Å². The second-order valence-electron chi connectivity index (χ2n) is 14.8. The second-order valence-corrected chi connectivity index (χ2v) is 20.8. The fourth-order valence-corrected chi connectivity index (χ4v) is 13.2. The Morgan fingerprint density at radius 2 is 1.47 bits per heavy atom. The van der Waals surface area contributed by atoms with E-state index in [9.17, 15) is 13.2 Å². The Labute approximate surface area is 270 Å². The predicted molar refractivity (Wildman–Crippen MR) is 186 cm³/mol. The summed E-state index contributed by atoms with van der Waals surface area (Å²) in [4.78, 5) is 13.1. The largest absolute Gasteiger partial charge is 0.424 e. The normalized spacial score (nSPS) is 20.1. The third-order valence-electron chi connectivity index (χ3n) is 10.1. The van der Waals surface area contributed by atoms with Gasteiger partial charge in [-0.15, -0.1) is 0 Å². The maximum atomic E-state index is 12.7. The molecule has 0 bridgehead atoms. The molecule has 0 saturated heterocycles. The minimum Gasteiger partial charge on any atom is -0.424 e. The number of fused-ring (bicyclic) bond motifs is 1. The molecule has 8 heteroatoms. The van der Waals surface area contributed by atoms with E-state index in [-0.39, 0.29) is 16.3 Å². The molecule has 1 saturated carbocycles. The quantitative estimate of drug-likeness (QED) is 0.204. The molecule has 1 aliphatic carbocycles. The van der Waals surface area contributed by atoms with E-state index in [4.69, 9.17) is 5.10 Å². The van der Waals surface area contributed by atoms with E-state index in [0.29, 0.717) is 23.2 Å². The lowest BCUT2D eigenvalue weighted by Gasteiger charge is -2.44. The van der Waals surface area contributed by atoms with Crippen molar-refractivity contribution in [2.75, 3.05) is 11.1 Å². The summed E-state index contributed by atoms with van der Waals surface area (Å²) >= 11 is 0. The summed E-state index contributed by atoms with van der Waals surface area (Å²) in [5.74, 6) is 1.88. The molecule has 238 valence electrons. The number of rotatable bonds is 8. The number of aryl methyl sites for hydroxylation is 1. The fraction of sp³-hybridized carbons (Fsp3) is 0.432. The van der Waals surface area contributed by atoms with Crippen LogP contribution in [0.3, 0.4) is 0 Å². The Morgan fingerprint density at radius 1 is 0.867 bits per heavy atom. The number of nitrogens with zero attached hydrogens (tertiary/aromatic N) is 2. The number of aromatic nitrogens is 2. The second kappa shape index (κ2) is 11.9. The number of sulfone groups is 1. The number of anilines is 2. The molecule has 1 fully saturated rings. The van der Waals surface area contributed by atoms with Crippen LogP contribution in [-0.4, -0.2) is 37.1 Å². The van der Waals surface area contributed by atoms with Gasteiger partial charge in [0.05, 0.1) is 16.2 Å². The molecule has 6 rings (SSSR count). The van der Waals surface area contributed by atoms with Crippen LogP contribution in [0.4, 0.5) is 11.5 Å². The maximum absolute atomic E-state index is 12.7. The Kier molecular flexibility index (Phi) is 8.38. The first-order valence-corrected chi connectivity index (χ1v) is 19.9. The summed E-state index contributed by atoms with van der Waals surface area (Å²) in [7, 11) is -6.24. The summed E-state index contributed by atoms with van der Waals surface area (Å²) in [6, 6.07) is 28.5. The number of hydrogen-bond acceptors (Lipinski definition) is 5. The van der Waals surface area contributed by atoms with Crippen LogP contribution in [0.5, 0.6) is 0 Å². The van der Waals surface area contributed by atoms with Crippen LogP contribution in [0.2, 0.25) is 5.04 Å². The maximum Gasteiger partial charge on any atom is 0.258 e. The minimum atomic E-state index is -3.20. The summed E-state index contributed by atoms with van der Waals surface area (Å²) in [6.07, 6.45) is 5.96. The third kappa shape index (κ3) is 6.17. The Bertz CT molecular complexity index is 1710. The van der Waals surface area contributed by atoms with Gasteiger partial charge >= 0.3 is 0 Å². The summed E-state index contributed by atoms with van der Waals surface area (Å²) in [5, 5.41) is 10.3. The van der Waals surface area contributed by atoms with Gasteiger partial charge in [-0.2, -0.15) is 5.10 Å². The molecule has 2 heterocycles. The SMILES string of the molecule is CC(C)(C)n1nc(Nc2ccc3c(c2)S(=O)(=O)CC3)cc1C1CCC(CC(C)(C)[Si](O)(c2ccccc2)c2ccccc2)CC1. The zero-order valence-corrected chi connectivity index (χ0v) is 29.1. The molecule has 2 aliphatic rings. The molecule has 3 aromatic carbocycles. The molecule has 1 aliphatic heterocycles. The van der Waals surface area contributed by atoms with Crippen LogP contribution in [0.15, 0.2) is 89.8 Å². The molecule has 0 unspecified atom stereocenters. The van der Waals surface area contributed by atoms with Crippen molar-refractivity contribution >= 4 is 40.0 Å². The zero-order valence-electron chi connectivity index (χ0n) is 27.3. The lowest BCUT2D eigenvalue weighted by Crippen LogP contribution is -2.65. The molecule has 6 nitrogen and oxygen atoms in total. The van der Waals surface area contributed by atoms with Gasteiger partial charge in [0.25, 0.3) is 8.32 Å². The molecule has 0 amide bonds. The van der Waals surface area contributed by atoms with Crippen molar-refractivity contribution in [1.29, 1.82) is 0 Å². The monoisotopic (exact) mass is 641 g/mol. The summed E-state index contributed by atoms with van der Waals surface area (Å²) in [6.45, 7) is 11.1. The van der Waals surface area contributed by atoms with E-state index < -0.39 is 18.2 Å². The molecule has 1 aromatic heterocycles. The van der Waals surface area contributed by atoms with E-state index >= 15 is 0 Å². The first-order chi connectivity index (χ1) is 21.3. The van der Waals surface area contributed by atoms with Crippen molar-refractivity contribution in [3.05, 3.63) is 96.2 Å². The third-order valence-corrected chi connectivity index (χ3v) is 16.4. The van der Waals surface area contributed by atoms with Crippen LogP contribution in [-0.2, 0) is 21.8 Å². The molecule has 4 aromatic rings. The highest BCUT2D eigenvalue weighted by molar-refractivity contribution is 7.91. The van der Waals surface area contributed by atoms with Crippen LogP contribution in [0.1, 0.15) is 83.9 Å². The first-order valence-electron chi connectivity index (χ1n) is 16.3. The Balaban J connectivity index is 1.20. The van der Waals surface area contributed by atoms with E-state index in [1.54, 1.807) is 6.07 Å². The molecular formula is C37H47N3O3SSi. The van der Waals surface area contributed by atoms with Gasteiger partial charge in [0, 0.05) is 23.4 Å². The number of hydrogen-bond donors (Lipinski definition) is 2. The van der Waals surface area contributed by atoms with Crippen molar-refractivity contribution in [1.82, 2.24) is 9.78 Å². The topological polar surface area (TPSA) is 84.2 Å². The Morgan fingerprint density at radius 3 is 2.04 bits per heavy atom. The van der Waals surface area contributed by atoms with E-state index in [1.165, 1.54) is 5.69 Å². The average molecular weight is 642 g/mol. The van der Waals surface area contributed by atoms with Gasteiger partial charge in [0.2, 0.25) is 0 Å². The van der Waals surface area contributed by atoms with Crippen LogP contribution < -0.4 is 15.7 Å². The summed E-state index contributed by atoms with van der Waals surface area (Å²) in [5.41, 5.74) is 2.69. The predicted octanol–water partition coefficient (Wildman–Crippen LogP) is 6.91. The standard InChI is InChI=1S/C37H47N3O3SSi/c1-36(2,3)40-33(25-35(39-40)38-30-21-20-29-22-23-44(41,42)34(29)24-30)28-18-16-27(17-19-28)26-37(4,5)45(43,31-12-8-6-9-13-31)32-14-10-7-11-15-32/h6-15,20-21,24-25,27-28,43H,16-19,22-23,26H2,1-5H3,(H,38,39). The highest BCUT2D eigenvalue weighted by Gasteiger charge is 2.50. The van der Waals surface area contributed by atoms with Gasteiger partial charge in [-0.3, -0.25) is 4.68 Å². The molecule has 0 atom stereocenters. The van der Waals surface area contributed by atoms with Gasteiger partial charge in [-0.05, 0) is 98.3 Å². The zero-order chi connectivity index (χ0) is 32.0. The van der Waals surface area contributed by atoms with Gasteiger partial charge in [-0.25, -0.2) is 8.42 Å². The van der Waals surface area contributed by atoms with Gasteiger partial charge in [0.1, 0.15) is 0 Å². The fourth-order valence-electron chi connectivity index (χ4n) is 7.75. The van der Waals surface area contributed by atoms with Crippen molar-refractivity contribution < 1.29 is 13.2 Å². The van der Waals surface area contributed by atoms with Crippen LogP contribution in [0.25, 0.3) is 0 Å². The van der Waals surface area contributed by atoms with E-state index in [2.05, 4.69) is 74.9 Å². The molecule has 0 radical (unpaired) electrons. The lowest BCUT2D eigenvalue weighted by atomic mass is 9.77. The van der Waals surface area contributed by atoms with Crippen molar-refractivity contribution in [2.24, 2.45) is 5.92 Å². The first kappa shape index (κ1) is 31.8. The van der Waals surface area contributed by atoms with Gasteiger partial charge in [0.15, 0.2) is 15.7 Å². The molecule has 45 heavy (non-hydrogen) atoms. The number of nitrogens with one attached hydrogen (secondary N) is 1. The van der Waals surface area contributed by atoms with E-state index in [0.717, 1.165) is 59.5 Å². The highest BCUT2D eigenvalue weighted by Crippen LogP contribution is 2.47. The van der Waals surface area contributed by atoms with Crippen LogP contribution >= 0.6 is 0 Å². The average Bonchev–Trinajstić information content (AvgIpc) is 3.58. The van der Waals surface area contributed by atoms with Crippen molar-refractivity contribution in [3.8, 4) is 0 Å². The van der Waals surface area contributed by atoms with Crippen LogP contribution in [0, 0.1) is 5.92 Å². The minimum absolute atomic E-state index is 0.189. The smallest absolute Gasteiger partial charge is 0.258 e. The van der Waals surface area contributed by atoms with Gasteiger partial charge in [-0.1, -0.05) is 80.6 Å².